The lowest BCUT2D eigenvalue weighted by Crippen LogP contribution is -2.09. The van der Waals surface area contributed by atoms with Gasteiger partial charge in [0.2, 0.25) is 0 Å². The van der Waals surface area contributed by atoms with Crippen LogP contribution in [0.3, 0.4) is 0 Å². The van der Waals surface area contributed by atoms with Gasteiger partial charge in [0.1, 0.15) is 24.3 Å². The van der Waals surface area contributed by atoms with E-state index >= 15 is 0 Å². The van der Waals surface area contributed by atoms with E-state index in [1.807, 2.05) is 0 Å². The number of carboxylic acid groups (broad SMARTS) is 1. The lowest BCUT2D eigenvalue weighted by Gasteiger charge is -2.01. The molecule has 0 fully saturated rings. The van der Waals surface area contributed by atoms with Crippen molar-refractivity contribution in [2.24, 2.45) is 0 Å². The largest absolute Gasteiger partial charge is 0.480 e. The van der Waals surface area contributed by atoms with Gasteiger partial charge in [-0.1, -0.05) is 0 Å². The lowest BCUT2D eigenvalue weighted by atomic mass is 10.2. The predicted molar refractivity (Wildman–Crippen MR) is 64.9 cm³/mol. The Morgan fingerprint density at radius 2 is 2.28 bits per heavy atom. The summed E-state index contributed by atoms with van der Waals surface area (Å²) in [5.41, 5.74) is 7.07. The highest BCUT2D eigenvalue weighted by Gasteiger charge is 2.16. The van der Waals surface area contributed by atoms with Gasteiger partial charge in [-0.25, -0.2) is 9.97 Å². The Morgan fingerprint density at radius 3 is 3.06 bits per heavy atom. The number of pyridine rings is 1. The van der Waals surface area contributed by atoms with Crippen molar-refractivity contribution < 1.29 is 9.90 Å². The van der Waals surface area contributed by atoms with Crippen molar-refractivity contribution >= 4 is 33.7 Å². The number of rotatable bonds is 2. The topological polar surface area (TPSA) is 107 Å². The molecule has 90 valence electrons. The van der Waals surface area contributed by atoms with Crippen LogP contribution in [0.25, 0.3) is 21.9 Å². The molecule has 7 nitrogen and oxygen atoms in total. The van der Waals surface area contributed by atoms with E-state index in [0.29, 0.717) is 16.9 Å². The van der Waals surface area contributed by atoms with E-state index in [2.05, 4.69) is 15.0 Å². The van der Waals surface area contributed by atoms with Gasteiger partial charge in [-0.05, 0) is 6.07 Å². The minimum absolute atomic E-state index is 0.180. The maximum absolute atomic E-state index is 10.9. The Balaban J connectivity index is 2.50. The number of anilines is 1. The first kappa shape index (κ1) is 10.5. The molecule has 3 aromatic rings. The summed E-state index contributed by atoms with van der Waals surface area (Å²) in [4.78, 5) is 23.0. The van der Waals surface area contributed by atoms with Crippen molar-refractivity contribution in [2.75, 3.05) is 5.73 Å². The van der Waals surface area contributed by atoms with Gasteiger partial charge in [0.15, 0.2) is 0 Å². The Morgan fingerprint density at radius 1 is 1.44 bits per heavy atom. The molecule has 0 saturated heterocycles. The van der Waals surface area contributed by atoms with Crippen molar-refractivity contribution in [3.8, 4) is 0 Å². The van der Waals surface area contributed by atoms with Gasteiger partial charge in [-0.3, -0.25) is 9.78 Å². The van der Waals surface area contributed by atoms with Gasteiger partial charge >= 0.3 is 5.97 Å². The summed E-state index contributed by atoms with van der Waals surface area (Å²) in [7, 11) is 0. The van der Waals surface area contributed by atoms with Crippen LogP contribution in [0.5, 0.6) is 0 Å². The number of nitrogen functional groups attached to an aromatic ring is 1. The number of nitrogens with two attached hydrogens (primary N) is 1. The molecule has 7 heteroatoms. The third-order valence-corrected chi connectivity index (χ3v) is 2.76. The van der Waals surface area contributed by atoms with Crippen molar-refractivity contribution in [3.05, 3.63) is 24.8 Å². The maximum Gasteiger partial charge on any atom is 0.323 e. The average molecular weight is 243 g/mol. The molecule has 3 aromatic heterocycles. The first-order valence-electron chi connectivity index (χ1n) is 5.22. The third kappa shape index (κ3) is 1.37. The zero-order valence-corrected chi connectivity index (χ0v) is 9.24. The molecule has 3 rings (SSSR count). The molecule has 0 saturated carbocycles. The second-order valence-corrected chi connectivity index (χ2v) is 3.83. The van der Waals surface area contributed by atoms with E-state index in [1.54, 1.807) is 23.0 Å². The van der Waals surface area contributed by atoms with Crippen LogP contribution in [-0.4, -0.2) is 30.6 Å². The van der Waals surface area contributed by atoms with Crippen molar-refractivity contribution in [2.45, 2.75) is 6.54 Å². The normalized spacial score (nSPS) is 11.1. The summed E-state index contributed by atoms with van der Waals surface area (Å²) in [6.07, 6.45) is 4.56. The quantitative estimate of drug-likeness (QED) is 0.684. The van der Waals surface area contributed by atoms with E-state index in [1.165, 1.54) is 6.33 Å². The van der Waals surface area contributed by atoms with Gasteiger partial charge < -0.3 is 15.4 Å². The van der Waals surface area contributed by atoms with Crippen LogP contribution in [0.1, 0.15) is 0 Å². The van der Waals surface area contributed by atoms with Gasteiger partial charge in [0.05, 0.1) is 10.9 Å². The summed E-state index contributed by atoms with van der Waals surface area (Å²) in [5.74, 6) is -0.620. The van der Waals surface area contributed by atoms with E-state index in [9.17, 15) is 4.79 Å². The van der Waals surface area contributed by atoms with Gasteiger partial charge in [-0.15, -0.1) is 0 Å². The van der Waals surface area contributed by atoms with Crippen LogP contribution < -0.4 is 5.73 Å². The van der Waals surface area contributed by atoms with Crippen LogP contribution in [0.4, 0.5) is 5.82 Å². The SMILES string of the molecule is Nc1ncnc2c1c1cnccc1n2CC(=O)O. The molecule has 18 heavy (non-hydrogen) atoms. The molecule has 0 unspecified atom stereocenters. The standard InChI is InChI=1S/C11H9N5O2/c12-10-9-6-3-13-2-1-7(6)16(4-8(17)18)11(9)15-5-14-10/h1-3,5H,4H2,(H,17,18)(H2,12,14,15). The van der Waals surface area contributed by atoms with E-state index in [4.69, 9.17) is 10.8 Å². The molecule has 0 spiro atoms. The van der Waals surface area contributed by atoms with E-state index in [0.717, 1.165) is 10.9 Å². The summed E-state index contributed by atoms with van der Waals surface area (Å²) in [6, 6.07) is 1.74. The molecule has 0 aliphatic heterocycles. The molecule has 0 amide bonds. The fraction of sp³-hybridized carbons (Fsp3) is 0.0909. The number of aromatic nitrogens is 4. The van der Waals surface area contributed by atoms with Gasteiger partial charge in [0.25, 0.3) is 0 Å². The molecule has 0 bridgehead atoms. The fourth-order valence-corrected chi connectivity index (χ4v) is 2.08. The van der Waals surface area contributed by atoms with Crippen LogP contribution in [0, 0.1) is 0 Å². The molecule has 0 radical (unpaired) electrons. The Bertz CT molecular complexity index is 765. The average Bonchev–Trinajstić information content (AvgIpc) is 2.65. The van der Waals surface area contributed by atoms with Gasteiger partial charge in [0, 0.05) is 17.8 Å². The Labute approximate surface area is 101 Å². The zero-order valence-electron chi connectivity index (χ0n) is 9.24. The van der Waals surface area contributed by atoms with E-state index in [-0.39, 0.29) is 6.54 Å². The first-order valence-corrected chi connectivity index (χ1v) is 5.22. The lowest BCUT2D eigenvalue weighted by molar-refractivity contribution is -0.137. The molecular weight excluding hydrogens is 234 g/mol. The molecule has 0 aliphatic carbocycles. The Hall–Kier alpha value is -2.70. The highest BCUT2D eigenvalue weighted by molar-refractivity contribution is 6.11. The molecule has 3 N–H and O–H groups in total. The first-order chi connectivity index (χ1) is 8.68. The summed E-state index contributed by atoms with van der Waals surface area (Å²) in [6.45, 7) is -0.180. The highest BCUT2D eigenvalue weighted by Crippen LogP contribution is 2.29. The smallest absolute Gasteiger partial charge is 0.323 e. The second-order valence-electron chi connectivity index (χ2n) is 3.83. The molecule has 0 aliphatic rings. The molecule has 0 atom stereocenters. The number of fused-ring (bicyclic) bond motifs is 3. The maximum atomic E-state index is 10.9. The number of carboxylic acids is 1. The number of hydrogen-bond acceptors (Lipinski definition) is 5. The number of nitrogens with zero attached hydrogens (tertiary/aromatic N) is 4. The second kappa shape index (κ2) is 3.66. The minimum atomic E-state index is -0.942. The van der Waals surface area contributed by atoms with Gasteiger partial charge in [-0.2, -0.15) is 0 Å². The zero-order chi connectivity index (χ0) is 12.7. The predicted octanol–water partition coefficient (Wildman–Crippen LogP) is 0.646. The van der Waals surface area contributed by atoms with E-state index < -0.39 is 5.97 Å². The summed E-state index contributed by atoms with van der Waals surface area (Å²) < 4.78 is 1.59. The molecular formula is C11H9N5O2. The molecule has 3 heterocycles. The van der Waals surface area contributed by atoms with Crippen molar-refractivity contribution in [1.29, 1.82) is 0 Å². The fourth-order valence-electron chi connectivity index (χ4n) is 2.08. The minimum Gasteiger partial charge on any atom is -0.480 e. The third-order valence-electron chi connectivity index (χ3n) is 2.76. The Kier molecular flexibility index (Phi) is 2.12. The number of hydrogen-bond donors (Lipinski definition) is 2. The van der Waals surface area contributed by atoms with Crippen molar-refractivity contribution in [3.63, 3.8) is 0 Å². The molecule has 0 aromatic carbocycles. The highest BCUT2D eigenvalue weighted by atomic mass is 16.4. The van der Waals surface area contributed by atoms with Crippen LogP contribution in [0.2, 0.25) is 0 Å². The van der Waals surface area contributed by atoms with Crippen LogP contribution >= 0.6 is 0 Å². The number of aliphatic carboxylic acids is 1. The summed E-state index contributed by atoms with van der Waals surface area (Å²) >= 11 is 0. The monoisotopic (exact) mass is 243 g/mol. The van der Waals surface area contributed by atoms with Crippen LogP contribution in [0.15, 0.2) is 24.8 Å². The van der Waals surface area contributed by atoms with Crippen LogP contribution in [-0.2, 0) is 11.3 Å². The number of carbonyl (C=O) groups is 1. The van der Waals surface area contributed by atoms with Crippen molar-refractivity contribution in [1.82, 2.24) is 19.5 Å². The summed E-state index contributed by atoms with van der Waals surface area (Å²) in [5, 5.41) is 10.4.